The number of piperidine rings is 1. The molecule has 208 valence electrons. The van der Waals surface area contributed by atoms with Crippen LogP contribution in [0.3, 0.4) is 0 Å². The second kappa shape index (κ2) is 11.4. The highest BCUT2D eigenvalue weighted by Gasteiger charge is 2.21. The zero-order chi connectivity index (χ0) is 28.3. The summed E-state index contributed by atoms with van der Waals surface area (Å²) in [4.78, 5) is 25.4. The topological polar surface area (TPSA) is 111 Å². The molecule has 0 amide bonds. The van der Waals surface area contributed by atoms with Crippen molar-refractivity contribution in [3.05, 3.63) is 109 Å². The summed E-state index contributed by atoms with van der Waals surface area (Å²) in [6.45, 7) is 2.96. The zero-order valence-corrected chi connectivity index (χ0v) is 23.1. The van der Waals surface area contributed by atoms with Gasteiger partial charge in [0.2, 0.25) is 0 Å². The van der Waals surface area contributed by atoms with Crippen LogP contribution in [0.2, 0.25) is 0 Å². The maximum Gasteiger partial charge on any atom is 0.165 e. The number of imidazole rings is 1. The van der Waals surface area contributed by atoms with Crippen LogP contribution in [0.5, 0.6) is 0 Å². The van der Waals surface area contributed by atoms with Crippen molar-refractivity contribution in [1.82, 2.24) is 34.4 Å². The summed E-state index contributed by atoms with van der Waals surface area (Å²) in [5, 5.41) is 3.51. The Hall–Kier alpha value is -5.15. The fourth-order valence-corrected chi connectivity index (χ4v) is 5.59. The molecule has 0 bridgehead atoms. The molecular weight excluding hydrogens is 522 g/mol. The third kappa shape index (κ3) is 5.29. The van der Waals surface area contributed by atoms with Gasteiger partial charge >= 0.3 is 0 Å². The number of nitrogen functional groups attached to an aromatic ring is 1. The highest BCUT2D eigenvalue weighted by molar-refractivity contribution is 5.84. The minimum Gasteiger partial charge on any atom is -0.383 e. The van der Waals surface area contributed by atoms with Gasteiger partial charge in [0.15, 0.2) is 11.5 Å². The van der Waals surface area contributed by atoms with E-state index in [1.54, 1.807) is 24.8 Å². The fraction of sp³-hybridized carbons (Fsp3) is 0.182. The Morgan fingerprint density at radius 3 is 2.40 bits per heavy atom. The van der Waals surface area contributed by atoms with Crippen molar-refractivity contribution in [2.45, 2.75) is 25.4 Å². The largest absolute Gasteiger partial charge is 0.383 e. The molecule has 1 aliphatic heterocycles. The number of hydrogen-bond donors (Lipinski definition) is 2. The van der Waals surface area contributed by atoms with Gasteiger partial charge in [0.1, 0.15) is 17.2 Å². The Kier molecular flexibility index (Phi) is 6.99. The molecule has 0 aliphatic carbocycles. The quantitative estimate of drug-likeness (QED) is 0.263. The minimum absolute atomic E-state index is 0.418. The van der Waals surface area contributed by atoms with Crippen molar-refractivity contribution in [2.24, 2.45) is 0 Å². The van der Waals surface area contributed by atoms with Crippen LogP contribution < -0.4 is 11.1 Å². The lowest BCUT2D eigenvalue weighted by Gasteiger charge is -2.32. The predicted octanol–water partition coefficient (Wildman–Crippen LogP) is 5.60. The predicted molar refractivity (Wildman–Crippen MR) is 166 cm³/mol. The summed E-state index contributed by atoms with van der Waals surface area (Å²) in [6.07, 6.45) is 9.04. The van der Waals surface area contributed by atoms with Gasteiger partial charge in [-0.2, -0.15) is 0 Å². The van der Waals surface area contributed by atoms with E-state index in [0.29, 0.717) is 11.9 Å². The molecule has 1 saturated heterocycles. The molecule has 0 spiro atoms. The van der Waals surface area contributed by atoms with Crippen molar-refractivity contribution >= 4 is 22.8 Å². The molecule has 7 rings (SSSR count). The molecule has 0 saturated carbocycles. The van der Waals surface area contributed by atoms with Crippen LogP contribution >= 0.6 is 0 Å². The molecule has 9 nitrogen and oxygen atoms in total. The number of pyridine rings is 2. The number of anilines is 2. The molecule has 0 unspecified atom stereocenters. The van der Waals surface area contributed by atoms with Gasteiger partial charge in [-0.05, 0) is 54.8 Å². The molecule has 6 aromatic rings. The summed E-state index contributed by atoms with van der Waals surface area (Å²) >= 11 is 0. The van der Waals surface area contributed by atoms with Crippen molar-refractivity contribution < 1.29 is 0 Å². The summed E-state index contributed by atoms with van der Waals surface area (Å²) in [5.41, 5.74) is 12.9. The third-order valence-corrected chi connectivity index (χ3v) is 7.76. The second-order valence-corrected chi connectivity index (χ2v) is 10.6. The maximum atomic E-state index is 6.32. The number of aromatic nitrogens is 6. The van der Waals surface area contributed by atoms with E-state index >= 15 is 0 Å². The first-order valence-electron chi connectivity index (χ1n) is 14.2. The van der Waals surface area contributed by atoms with E-state index in [9.17, 15) is 0 Å². The Morgan fingerprint density at radius 1 is 0.810 bits per heavy atom. The minimum atomic E-state index is 0.418. The summed E-state index contributed by atoms with van der Waals surface area (Å²) in [7, 11) is 0. The lowest BCUT2D eigenvalue weighted by atomic mass is 10.0. The van der Waals surface area contributed by atoms with E-state index in [4.69, 9.17) is 15.7 Å². The molecular formula is C33H31N9. The molecule has 0 radical (unpaired) electrons. The Balaban J connectivity index is 1.15. The number of nitrogens with two attached hydrogens (primary N) is 1. The number of fused-ring (bicyclic) bond motifs is 1. The number of likely N-dealkylation sites (tertiary alicyclic amines) is 1. The van der Waals surface area contributed by atoms with E-state index < -0.39 is 0 Å². The van der Waals surface area contributed by atoms with Gasteiger partial charge in [0.05, 0.1) is 17.5 Å². The zero-order valence-electron chi connectivity index (χ0n) is 23.1. The number of rotatable bonds is 7. The van der Waals surface area contributed by atoms with E-state index in [1.807, 2.05) is 42.5 Å². The molecule has 1 aliphatic rings. The molecule has 0 atom stereocenters. The van der Waals surface area contributed by atoms with E-state index in [1.165, 1.54) is 5.56 Å². The molecule has 3 N–H and O–H groups in total. The summed E-state index contributed by atoms with van der Waals surface area (Å²) in [5.74, 6) is 2.00. The highest BCUT2D eigenvalue weighted by Crippen LogP contribution is 2.32. The van der Waals surface area contributed by atoms with Gasteiger partial charge in [-0.25, -0.2) is 19.9 Å². The number of nitrogens with one attached hydrogen (secondary N) is 1. The first-order chi connectivity index (χ1) is 20.7. The van der Waals surface area contributed by atoms with Gasteiger partial charge in [-0.1, -0.05) is 42.5 Å². The Morgan fingerprint density at radius 2 is 1.64 bits per heavy atom. The Labute approximate surface area is 244 Å². The summed E-state index contributed by atoms with van der Waals surface area (Å²) in [6, 6.07) is 27.2. The fourth-order valence-electron chi connectivity index (χ4n) is 5.59. The third-order valence-electron chi connectivity index (χ3n) is 7.76. The maximum absolute atomic E-state index is 6.32. The molecule has 42 heavy (non-hydrogen) atoms. The average molecular weight is 554 g/mol. The van der Waals surface area contributed by atoms with Crippen LogP contribution in [-0.2, 0) is 6.54 Å². The van der Waals surface area contributed by atoms with E-state index in [0.717, 1.165) is 77.8 Å². The van der Waals surface area contributed by atoms with Crippen molar-refractivity contribution in [3.63, 3.8) is 0 Å². The van der Waals surface area contributed by atoms with E-state index in [2.05, 4.69) is 66.1 Å². The van der Waals surface area contributed by atoms with Crippen molar-refractivity contribution in [1.29, 1.82) is 0 Å². The molecule has 4 aromatic heterocycles. The highest BCUT2D eigenvalue weighted by atomic mass is 15.2. The van der Waals surface area contributed by atoms with Crippen molar-refractivity contribution in [3.8, 4) is 28.3 Å². The average Bonchev–Trinajstić information content (AvgIpc) is 3.42. The van der Waals surface area contributed by atoms with Gasteiger partial charge < -0.3 is 11.1 Å². The van der Waals surface area contributed by atoms with Gasteiger partial charge in [0.25, 0.3) is 0 Å². The van der Waals surface area contributed by atoms with Gasteiger partial charge in [-0.15, -0.1) is 0 Å². The Bertz CT molecular complexity index is 1790. The van der Waals surface area contributed by atoms with Crippen molar-refractivity contribution in [2.75, 3.05) is 24.1 Å². The number of hydrogen-bond acceptors (Lipinski definition) is 8. The molecule has 9 heteroatoms. The van der Waals surface area contributed by atoms with E-state index in [-0.39, 0.29) is 0 Å². The monoisotopic (exact) mass is 553 g/mol. The summed E-state index contributed by atoms with van der Waals surface area (Å²) < 4.78 is 2.09. The lowest BCUT2D eigenvalue weighted by Crippen LogP contribution is -2.38. The number of benzene rings is 2. The van der Waals surface area contributed by atoms with Crippen LogP contribution in [0.4, 0.5) is 11.6 Å². The molecule has 2 aromatic carbocycles. The van der Waals surface area contributed by atoms with Crippen LogP contribution in [0, 0.1) is 0 Å². The van der Waals surface area contributed by atoms with Crippen LogP contribution in [0.1, 0.15) is 18.4 Å². The van der Waals surface area contributed by atoms with Crippen LogP contribution in [-0.4, -0.2) is 53.5 Å². The first kappa shape index (κ1) is 25.8. The van der Waals surface area contributed by atoms with Gasteiger partial charge in [-0.3, -0.25) is 14.5 Å². The smallest absolute Gasteiger partial charge is 0.165 e. The normalized spacial score (nSPS) is 14.3. The number of nitrogens with zero attached hydrogens (tertiary/aromatic N) is 7. The standard InChI is InChI=1S/C33H31N9/c34-31-27(7-4-16-37-31)32-40-29-13-12-28(24-5-2-1-3-6-24)39-33(29)42(32)26-10-8-23(9-11-26)22-41-19-14-25(15-20-41)38-30-21-35-17-18-36-30/h1-13,16-18,21,25H,14-15,19-20,22H2,(H2,34,37)(H,36,38). The lowest BCUT2D eigenvalue weighted by molar-refractivity contribution is 0.211. The first-order valence-corrected chi connectivity index (χ1v) is 14.2. The second-order valence-electron chi connectivity index (χ2n) is 10.6. The SMILES string of the molecule is Nc1ncccc1-c1nc2ccc(-c3ccccc3)nc2n1-c1ccc(CN2CCC(Nc3cnccn3)CC2)cc1. The molecule has 5 heterocycles. The van der Waals surface area contributed by atoms with Gasteiger partial charge in [0, 0.05) is 55.5 Å². The molecule has 1 fully saturated rings. The van der Waals surface area contributed by atoms with Crippen LogP contribution in [0.15, 0.2) is 104 Å². The van der Waals surface area contributed by atoms with Crippen LogP contribution in [0.25, 0.3) is 39.5 Å².